The number of rotatable bonds is 3. The van der Waals surface area contributed by atoms with Gasteiger partial charge in [-0.05, 0) is 24.3 Å². The van der Waals surface area contributed by atoms with Gasteiger partial charge in [-0.1, -0.05) is 23.2 Å². The molecule has 0 amide bonds. The second-order valence-electron chi connectivity index (χ2n) is 3.77. The monoisotopic (exact) mass is 315 g/mol. The lowest BCUT2D eigenvalue weighted by Crippen LogP contribution is -2.02. The van der Waals surface area contributed by atoms with Crippen molar-refractivity contribution in [2.75, 3.05) is 7.11 Å². The lowest BCUT2D eigenvalue weighted by Gasteiger charge is -2.10. The normalized spacial score (nSPS) is 10.4. The Morgan fingerprint density at radius 2 is 1.90 bits per heavy atom. The van der Waals surface area contributed by atoms with E-state index < -0.39 is 11.8 Å². The minimum absolute atomic E-state index is 0.0130. The average Bonchev–Trinajstić information content (AvgIpc) is 2.40. The van der Waals surface area contributed by atoms with Crippen molar-refractivity contribution in [3.05, 3.63) is 45.8 Å². The number of ether oxygens (including phenoxy) is 1. The highest BCUT2D eigenvalue weighted by atomic mass is 35.5. The number of aromatic carboxylic acids is 1. The lowest BCUT2D eigenvalue weighted by atomic mass is 10.1. The van der Waals surface area contributed by atoms with Crippen LogP contribution in [0.2, 0.25) is 10.0 Å². The number of pyridine rings is 1. The summed E-state index contributed by atoms with van der Waals surface area (Å²) in [5, 5.41) is 9.14. The van der Waals surface area contributed by atoms with Gasteiger partial charge in [-0.3, -0.25) is 0 Å². The largest absolute Gasteiger partial charge is 0.492 e. The molecular formula is C13H8Cl2FNO3. The molecule has 1 heterocycles. The molecule has 4 nitrogen and oxygen atoms in total. The van der Waals surface area contributed by atoms with Crippen LogP contribution in [0, 0.1) is 5.82 Å². The van der Waals surface area contributed by atoms with Crippen LogP contribution in [0.25, 0.3) is 11.3 Å². The third kappa shape index (κ3) is 2.55. The highest BCUT2D eigenvalue weighted by Gasteiger charge is 2.19. The zero-order valence-corrected chi connectivity index (χ0v) is 11.7. The molecule has 0 radical (unpaired) electrons. The number of halogens is 3. The maximum absolute atomic E-state index is 14.3. The Labute approximate surface area is 123 Å². The topological polar surface area (TPSA) is 59.4 Å². The van der Waals surface area contributed by atoms with E-state index in [9.17, 15) is 9.18 Å². The van der Waals surface area contributed by atoms with E-state index in [0.717, 1.165) is 0 Å². The van der Waals surface area contributed by atoms with Gasteiger partial charge >= 0.3 is 5.97 Å². The van der Waals surface area contributed by atoms with E-state index in [0.29, 0.717) is 0 Å². The van der Waals surface area contributed by atoms with E-state index >= 15 is 0 Å². The predicted octanol–water partition coefficient (Wildman–Crippen LogP) is 3.90. The molecule has 0 saturated carbocycles. The summed E-state index contributed by atoms with van der Waals surface area (Å²) < 4.78 is 19.1. The van der Waals surface area contributed by atoms with Crippen molar-refractivity contribution in [3.63, 3.8) is 0 Å². The van der Waals surface area contributed by atoms with Crippen molar-refractivity contribution in [1.29, 1.82) is 0 Å². The summed E-state index contributed by atoms with van der Waals surface area (Å²) >= 11 is 11.7. The first kappa shape index (κ1) is 14.6. The van der Waals surface area contributed by atoms with E-state index in [1.807, 2.05) is 0 Å². The molecule has 104 valence electrons. The summed E-state index contributed by atoms with van der Waals surface area (Å²) in [4.78, 5) is 14.8. The number of benzene rings is 1. The van der Waals surface area contributed by atoms with Crippen LogP contribution in [0.4, 0.5) is 4.39 Å². The van der Waals surface area contributed by atoms with Crippen LogP contribution in [0.15, 0.2) is 24.3 Å². The first-order valence-corrected chi connectivity index (χ1v) is 6.13. The molecule has 2 rings (SSSR count). The molecule has 1 aromatic heterocycles. The molecule has 20 heavy (non-hydrogen) atoms. The van der Waals surface area contributed by atoms with Crippen LogP contribution in [0.1, 0.15) is 10.5 Å². The maximum atomic E-state index is 14.3. The van der Waals surface area contributed by atoms with Gasteiger partial charge < -0.3 is 9.84 Å². The molecule has 0 spiro atoms. The van der Waals surface area contributed by atoms with Crippen LogP contribution < -0.4 is 4.74 Å². The highest BCUT2D eigenvalue weighted by molar-refractivity contribution is 6.33. The Bertz CT molecular complexity index is 692. The number of nitrogens with zero attached hydrogens (tertiary/aromatic N) is 1. The number of aromatic nitrogens is 1. The van der Waals surface area contributed by atoms with Crippen LogP contribution in [0.5, 0.6) is 5.75 Å². The minimum Gasteiger partial charge on any atom is -0.492 e. The van der Waals surface area contributed by atoms with Gasteiger partial charge in [-0.15, -0.1) is 0 Å². The van der Waals surface area contributed by atoms with Gasteiger partial charge in [-0.25, -0.2) is 14.2 Å². The molecule has 0 unspecified atom stereocenters. The first-order valence-electron chi connectivity index (χ1n) is 5.38. The molecule has 0 aliphatic carbocycles. The zero-order chi connectivity index (χ0) is 14.9. The van der Waals surface area contributed by atoms with Gasteiger partial charge in [0, 0.05) is 5.56 Å². The van der Waals surface area contributed by atoms with Crippen molar-refractivity contribution in [2.45, 2.75) is 0 Å². The fraction of sp³-hybridized carbons (Fsp3) is 0.0769. The molecule has 1 N–H and O–H groups in total. The smallest absolute Gasteiger partial charge is 0.354 e. The molecule has 2 aromatic rings. The van der Waals surface area contributed by atoms with E-state index in [1.165, 1.54) is 31.4 Å². The van der Waals surface area contributed by atoms with Crippen LogP contribution in [-0.4, -0.2) is 23.2 Å². The number of hydrogen-bond acceptors (Lipinski definition) is 3. The molecule has 7 heteroatoms. The first-order chi connectivity index (χ1) is 9.45. The molecule has 0 aliphatic rings. The third-order valence-electron chi connectivity index (χ3n) is 2.57. The number of hydrogen-bond donors (Lipinski definition) is 1. The molecule has 0 saturated heterocycles. The van der Waals surface area contributed by atoms with Crippen molar-refractivity contribution >= 4 is 29.2 Å². The zero-order valence-electron chi connectivity index (χ0n) is 10.2. The summed E-state index contributed by atoms with van der Waals surface area (Å²) in [5.74, 6) is -2.14. The molecule has 1 aromatic carbocycles. The summed E-state index contributed by atoms with van der Waals surface area (Å²) in [7, 11) is 1.27. The molecular weight excluding hydrogens is 308 g/mol. The van der Waals surface area contributed by atoms with Crippen LogP contribution in [0.3, 0.4) is 0 Å². The van der Waals surface area contributed by atoms with Gasteiger partial charge in [0.2, 0.25) is 0 Å². The molecule has 0 aliphatic heterocycles. The fourth-order valence-electron chi connectivity index (χ4n) is 1.65. The van der Waals surface area contributed by atoms with Crippen molar-refractivity contribution < 1.29 is 19.0 Å². The standard InChI is InChI=1S/C13H8Cl2FNO3/c1-20-12-8(15)3-2-6(10(12)16)11-7(14)4-5-9(17-11)13(18)19/h2-5H,1H3,(H,18,19). The number of carboxylic acid groups (broad SMARTS) is 1. The highest BCUT2D eigenvalue weighted by Crippen LogP contribution is 2.36. The van der Waals surface area contributed by atoms with Gasteiger partial charge in [0.1, 0.15) is 5.69 Å². The summed E-state index contributed by atoms with van der Waals surface area (Å²) in [6.45, 7) is 0. The second-order valence-corrected chi connectivity index (χ2v) is 4.59. The average molecular weight is 316 g/mol. The Balaban J connectivity index is 2.68. The fourth-order valence-corrected chi connectivity index (χ4v) is 2.08. The van der Waals surface area contributed by atoms with Gasteiger partial charge in [0.05, 0.1) is 22.8 Å². The van der Waals surface area contributed by atoms with E-state index in [4.69, 9.17) is 33.0 Å². The number of carbonyl (C=O) groups is 1. The third-order valence-corrected chi connectivity index (χ3v) is 3.18. The van der Waals surface area contributed by atoms with E-state index in [1.54, 1.807) is 0 Å². The lowest BCUT2D eigenvalue weighted by molar-refractivity contribution is 0.0690. The number of methoxy groups -OCH3 is 1. The Kier molecular flexibility index (Phi) is 4.11. The number of carboxylic acids is 1. The quantitative estimate of drug-likeness (QED) is 0.933. The van der Waals surface area contributed by atoms with Crippen molar-refractivity contribution in [3.8, 4) is 17.0 Å². The van der Waals surface area contributed by atoms with Gasteiger partial charge in [-0.2, -0.15) is 0 Å². The van der Waals surface area contributed by atoms with E-state index in [2.05, 4.69) is 4.98 Å². The summed E-state index contributed by atoms with van der Waals surface area (Å²) in [5.41, 5.74) is -0.212. The van der Waals surface area contributed by atoms with Crippen LogP contribution >= 0.6 is 23.2 Å². The van der Waals surface area contributed by atoms with E-state index in [-0.39, 0.29) is 32.7 Å². The molecule has 0 bridgehead atoms. The van der Waals surface area contributed by atoms with Crippen LogP contribution in [-0.2, 0) is 0 Å². The Morgan fingerprint density at radius 1 is 1.25 bits per heavy atom. The SMILES string of the molecule is COc1c(Cl)ccc(-c2nc(C(=O)O)ccc2Cl)c1F. The second kappa shape index (κ2) is 5.64. The summed E-state index contributed by atoms with van der Waals surface area (Å²) in [6.07, 6.45) is 0. The Hall–Kier alpha value is -1.85. The Morgan fingerprint density at radius 3 is 2.50 bits per heavy atom. The van der Waals surface area contributed by atoms with Crippen molar-refractivity contribution in [1.82, 2.24) is 4.98 Å². The van der Waals surface area contributed by atoms with Gasteiger partial charge in [0.25, 0.3) is 0 Å². The summed E-state index contributed by atoms with van der Waals surface area (Å²) in [6, 6.07) is 5.36. The predicted molar refractivity (Wildman–Crippen MR) is 73.2 cm³/mol. The molecule has 0 atom stereocenters. The minimum atomic E-state index is -1.23. The molecule has 0 fully saturated rings. The maximum Gasteiger partial charge on any atom is 0.354 e. The van der Waals surface area contributed by atoms with Gasteiger partial charge in [0.15, 0.2) is 11.6 Å². The van der Waals surface area contributed by atoms with Crippen molar-refractivity contribution in [2.24, 2.45) is 0 Å².